The van der Waals surface area contributed by atoms with Gasteiger partial charge in [0.2, 0.25) is 0 Å². The number of aliphatic hydroxyl groups is 1. The van der Waals surface area contributed by atoms with E-state index in [-0.39, 0.29) is 37.0 Å². The van der Waals surface area contributed by atoms with Crippen LogP contribution in [-0.2, 0) is 9.53 Å². The summed E-state index contributed by atoms with van der Waals surface area (Å²) in [7, 11) is 0. The van der Waals surface area contributed by atoms with Gasteiger partial charge in [0.05, 0.1) is 5.60 Å². The topological polar surface area (TPSA) is 75.6 Å². The molecule has 2 aromatic carbocycles. The predicted molar refractivity (Wildman–Crippen MR) is 162 cm³/mol. The summed E-state index contributed by atoms with van der Waals surface area (Å²) in [5, 5.41) is 14.2. The average molecular weight is 640 g/mol. The number of hydrogen-bond acceptors (Lipinski definition) is 4. The Balaban J connectivity index is 1.35. The number of nitrogens with one attached hydrogen (secondary N) is 1. The molecule has 10 heteroatoms. The molecule has 6 rings (SSSR count). The van der Waals surface area contributed by atoms with Crippen molar-refractivity contribution < 1.29 is 41.4 Å². The van der Waals surface area contributed by atoms with Crippen LogP contribution in [0.25, 0.3) is 0 Å². The Hall–Kier alpha value is -3.97. The average Bonchev–Trinajstić information content (AvgIpc) is 3.33. The van der Waals surface area contributed by atoms with Gasteiger partial charge in [-0.15, -0.1) is 0 Å². The summed E-state index contributed by atoms with van der Waals surface area (Å²) in [5.41, 5.74) is -2.87. The van der Waals surface area contributed by atoms with E-state index in [0.717, 1.165) is 0 Å². The highest BCUT2D eigenvalue weighted by molar-refractivity contribution is 5.98. The molecule has 10 atom stereocenters. The Labute approximate surface area is 263 Å². The van der Waals surface area contributed by atoms with Gasteiger partial charge in [-0.25, -0.2) is 26.7 Å². The number of ether oxygens (including phenoxy) is 1. The normalized spacial score (nSPS) is 36.4. The number of ketones is 1. The number of carbonyl (C=O) groups excluding carboxylic acids is 2. The molecule has 0 saturated heterocycles. The Kier molecular flexibility index (Phi) is 8.34. The second-order valence-corrected chi connectivity index (χ2v) is 12.7. The molecule has 0 heterocycles. The molecule has 2 saturated carbocycles. The summed E-state index contributed by atoms with van der Waals surface area (Å²) >= 11 is 0. The number of rotatable bonds is 4. The number of alkyl halides is 5. The summed E-state index contributed by atoms with van der Waals surface area (Å²) in [6.07, 6.45) is -11.3. The quantitative estimate of drug-likeness (QED) is 0.277. The SMILES string of the molecule is CC[C@]1(O)CC[C@H]2[C@H]3C(=C4C(=CC(=O)C(F)C4F)C(F)C3F)[C@@H](c3ccc(C#CCOC(=O)Nc4ccccc4)cc3)C(F)[C@@]21C. The highest BCUT2D eigenvalue weighted by Crippen LogP contribution is 2.68. The molecule has 2 aromatic rings. The molecular weight excluding hydrogens is 605 g/mol. The van der Waals surface area contributed by atoms with Gasteiger partial charge in [-0.05, 0) is 77.8 Å². The second-order valence-electron chi connectivity index (χ2n) is 12.7. The van der Waals surface area contributed by atoms with Crippen molar-refractivity contribution in [2.45, 2.75) is 75.5 Å². The minimum absolute atomic E-state index is 0.0812. The molecule has 0 radical (unpaired) electrons. The van der Waals surface area contributed by atoms with Crippen molar-refractivity contribution in [2.75, 3.05) is 11.9 Å². The van der Waals surface area contributed by atoms with E-state index in [2.05, 4.69) is 17.2 Å². The van der Waals surface area contributed by atoms with Crippen LogP contribution < -0.4 is 5.32 Å². The molecule has 2 fully saturated rings. The van der Waals surface area contributed by atoms with Gasteiger partial charge in [-0.2, -0.15) is 0 Å². The Morgan fingerprint density at radius 3 is 2.39 bits per heavy atom. The molecule has 0 spiro atoms. The number of anilines is 1. The van der Waals surface area contributed by atoms with E-state index in [4.69, 9.17) is 4.74 Å². The Morgan fingerprint density at radius 2 is 1.72 bits per heavy atom. The number of benzene rings is 2. The molecule has 4 aliphatic rings. The first-order valence-electron chi connectivity index (χ1n) is 15.4. The van der Waals surface area contributed by atoms with E-state index >= 15 is 17.6 Å². The highest BCUT2D eigenvalue weighted by Gasteiger charge is 2.70. The largest absolute Gasteiger partial charge is 0.436 e. The van der Waals surface area contributed by atoms with Crippen molar-refractivity contribution in [1.82, 2.24) is 0 Å². The number of allylic oxidation sites excluding steroid dienone is 4. The third kappa shape index (κ3) is 4.95. The van der Waals surface area contributed by atoms with Gasteiger partial charge in [0.25, 0.3) is 0 Å². The first kappa shape index (κ1) is 32.0. The lowest BCUT2D eigenvalue weighted by Crippen LogP contribution is -2.61. The summed E-state index contributed by atoms with van der Waals surface area (Å²) < 4.78 is 84.7. The molecule has 46 heavy (non-hydrogen) atoms. The third-order valence-corrected chi connectivity index (χ3v) is 10.7. The number of para-hydroxylation sites is 1. The summed E-state index contributed by atoms with van der Waals surface area (Å²) in [6, 6.07) is 14.9. The van der Waals surface area contributed by atoms with E-state index in [0.29, 0.717) is 17.3 Å². The minimum atomic E-state index is -2.62. The van der Waals surface area contributed by atoms with Crippen molar-refractivity contribution in [3.05, 3.63) is 88.5 Å². The number of carbonyl (C=O) groups is 2. The monoisotopic (exact) mass is 639 g/mol. The molecule has 5 unspecified atom stereocenters. The smallest absolute Gasteiger partial charge is 0.412 e. The molecule has 1 amide bonds. The lowest BCUT2D eigenvalue weighted by Gasteiger charge is -2.57. The van der Waals surface area contributed by atoms with Crippen LogP contribution in [0, 0.1) is 29.1 Å². The van der Waals surface area contributed by atoms with Crippen LogP contribution in [0.3, 0.4) is 0 Å². The Morgan fingerprint density at radius 1 is 1.02 bits per heavy atom. The van der Waals surface area contributed by atoms with Gasteiger partial charge < -0.3 is 9.84 Å². The fourth-order valence-electron chi connectivity index (χ4n) is 8.25. The zero-order valence-electron chi connectivity index (χ0n) is 25.3. The lowest BCUT2D eigenvalue weighted by atomic mass is 9.49. The lowest BCUT2D eigenvalue weighted by molar-refractivity contribution is -0.143. The van der Waals surface area contributed by atoms with E-state index in [1.54, 1.807) is 56.3 Å². The van der Waals surface area contributed by atoms with Gasteiger partial charge in [0.1, 0.15) is 12.3 Å². The third-order valence-electron chi connectivity index (χ3n) is 10.7. The molecule has 0 bridgehead atoms. The predicted octanol–water partition coefficient (Wildman–Crippen LogP) is 7.07. The van der Waals surface area contributed by atoms with Gasteiger partial charge in [-0.3, -0.25) is 10.1 Å². The van der Waals surface area contributed by atoms with E-state index < -0.39 is 82.7 Å². The molecule has 242 valence electrons. The molecule has 0 aliphatic heterocycles. The molecule has 0 aromatic heterocycles. The van der Waals surface area contributed by atoms with E-state index in [9.17, 15) is 19.1 Å². The van der Waals surface area contributed by atoms with Crippen LogP contribution in [0.4, 0.5) is 32.4 Å². The second kappa shape index (κ2) is 12.0. The highest BCUT2D eigenvalue weighted by atomic mass is 19.2. The van der Waals surface area contributed by atoms with Crippen molar-refractivity contribution >= 4 is 17.6 Å². The summed E-state index contributed by atoms with van der Waals surface area (Å²) in [4.78, 5) is 24.1. The standard InChI is InChI=1S/C36H34F5NO4/c1-3-36(45)16-15-23-27-28(26-22(29(37)32(27)40)18-24(43)30(38)31(26)39)25(33(41)35(23,36)2)20-13-11-19(12-14-20)8-7-17-46-34(44)42-21-9-5-4-6-10-21/h4-6,9-14,18,23,25,27,29-33,45H,3,15-17H2,1-2H3,(H,42,44)/t23-,25+,27-,29?,30?,31?,32?,33?,35+,36-/m0/s1. The van der Waals surface area contributed by atoms with Crippen LogP contribution >= 0.6 is 0 Å². The summed E-state index contributed by atoms with van der Waals surface area (Å²) in [6.45, 7) is 3.03. The van der Waals surface area contributed by atoms with Crippen molar-refractivity contribution in [3.63, 3.8) is 0 Å². The zero-order valence-corrected chi connectivity index (χ0v) is 25.3. The molecule has 5 nitrogen and oxygen atoms in total. The zero-order chi connectivity index (χ0) is 33.0. The van der Waals surface area contributed by atoms with Crippen LogP contribution in [0.2, 0.25) is 0 Å². The molecular formula is C36H34F5NO4. The first-order valence-corrected chi connectivity index (χ1v) is 15.4. The molecule has 2 N–H and O–H groups in total. The van der Waals surface area contributed by atoms with Gasteiger partial charge in [0.15, 0.2) is 30.9 Å². The number of halogens is 5. The van der Waals surface area contributed by atoms with E-state index in [1.807, 2.05) is 0 Å². The fourth-order valence-corrected chi connectivity index (χ4v) is 8.25. The number of amides is 1. The molecule has 4 aliphatic carbocycles. The number of hydrogen-bond donors (Lipinski definition) is 2. The summed E-state index contributed by atoms with van der Waals surface area (Å²) in [5.74, 6) is 0.700. The van der Waals surface area contributed by atoms with Crippen molar-refractivity contribution in [1.29, 1.82) is 0 Å². The maximum atomic E-state index is 17.2. The van der Waals surface area contributed by atoms with Crippen molar-refractivity contribution in [2.24, 2.45) is 17.3 Å². The van der Waals surface area contributed by atoms with Crippen molar-refractivity contribution in [3.8, 4) is 11.8 Å². The first-order chi connectivity index (χ1) is 21.9. The maximum absolute atomic E-state index is 17.2. The van der Waals surface area contributed by atoms with E-state index in [1.165, 1.54) is 12.1 Å². The van der Waals surface area contributed by atoms with Crippen LogP contribution in [-0.4, -0.2) is 60.0 Å². The van der Waals surface area contributed by atoms with Crippen LogP contribution in [0.15, 0.2) is 77.4 Å². The van der Waals surface area contributed by atoms with Crippen LogP contribution in [0.5, 0.6) is 0 Å². The van der Waals surface area contributed by atoms with Gasteiger partial charge in [-0.1, -0.05) is 56.0 Å². The van der Waals surface area contributed by atoms with Crippen LogP contribution in [0.1, 0.15) is 50.2 Å². The minimum Gasteiger partial charge on any atom is -0.436 e. The Bertz CT molecular complexity index is 1650. The number of fused-ring (bicyclic) bond motifs is 4. The maximum Gasteiger partial charge on any atom is 0.412 e. The van der Waals surface area contributed by atoms with Gasteiger partial charge >= 0.3 is 6.09 Å². The fraction of sp³-hybridized carbons (Fsp3) is 0.444. The van der Waals surface area contributed by atoms with Gasteiger partial charge in [0, 0.05) is 28.5 Å².